The molecule has 1 fully saturated rings. The van der Waals surface area contributed by atoms with Gasteiger partial charge in [0.1, 0.15) is 4.21 Å². The third-order valence-electron chi connectivity index (χ3n) is 5.89. The van der Waals surface area contributed by atoms with Crippen LogP contribution < -0.4 is 4.80 Å². The molecular weight excluding hydrogens is 522 g/mol. The Balaban J connectivity index is 1.64. The third kappa shape index (κ3) is 5.78. The van der Waals surface area contributed by atoms with Crippen molar-refractivity contribution in [2.45, 2.75) is 37.4 Å². The van der Waals surface area contributed by atoms with Crippen molar-refractivity contribution < 1.29 is 27.5 Å². The second-order valence-electron chi connectivity index (χ2n) is 8.22. The Morgan fingerprint density at radius 2 is 2.03 bits per heavy atom. The number of hydrogen-bond acceptors (Lipinski definition) is 8. The highest BCUT2D eigenvalue weighted by Gasteiger charge is 2.33. The van der Waals surface area contributed by atoms with Crippen molar-refractivity contribution in [1.82, 2.24) is 8.87 Å². The number of amides is 1. The summed E-state index contributed by atoms with van der Waals surface area (Å²) in [4.78, 5) is 30.4. The second-order valence-corrected chi connectivity index (χ2v) is 12.3. The average Bonchev–Trinajstić information content (AvgIpc) is 3.53. The maximum atomic E-state index is 13.2. The van der Waals surface area contributed by atoms with E-state index in [1.54, 1.807) is 36.6 Å². The number of thiazole rings is 1. The van der Waals surface area contributed by atoms with E-state index in [4.69, 9.17) is 9.47 Å². The third-order valence-corrected chi connectivity index (χ3v) is 10.2. The molecule has 3 heterocycles. The van der Waals surface area contributed by atoms with Gasteiger partial charge in [-0.15, -0.1) is 11.3 Å². The highest BCUT2D eigenvalue weighted by atomic mass is 32.2. The highest BCUT2D eigenvalue weighted by Crippen LogP contribution is 2.27. The van der Waals surface area contributed by atoms with Crippen LogP contribution in [0.1, 0.15) is 37.0 Å². The molecule has 36 heavy (non-hydrogen) atoms. The molecule has 0 bridgehead atoms. The lowest BCUT2D eigenvalue weighted by Gasteiger charge is -2.29. The van der Waals surface area contributed by atoms with E-state index in [9.17, 15) is 18.0 Å². The molecule has 1 aromatic carbocycles. The van der Waals surface area contributed by atoms with Gasteiger partial charge in [-0.05, 0) is 56.3 Å². The van der Waals surface area contributed by atoms with E-state index in [-0.39, 0.29) is 23.3 Å². The quantitative estimate of drug-likeness (QED) is 0.298. The largest absolute Gasteiger partial charge is 0.462 e. The number of esters is 1. The van der Waals surface area contributed by atoms with Crippen LogP contribution in [-0.4, -0.2) is 62.1 Å². The van der Waals surface area contributed by atoms with Crippen LogP contribution in [0, 0.1) is 5.92 Å². The van der Waals surface area contributed by atoms with Crippen LogP contribution in [0.4, 0.5) is 0 Å². The van der Waals surface area contributed by atoms with Gasteiger partial charge in [-0.25, -0.2) is 13.2 Å². The molecule has 0 radical (unpaired) electrons. The smallest absolute Gasteiger partial charge is 0.338 e. The van der Waals surface area contributed by atoms with E-state index in [2.05, 4.69) is 4.99 Å². The summed E-state index contributed by atoms with van der Waals surface area (Å²) in [5.74, 6) is -1.27. The lowest BCUT2D eigenvalue weighted by Crippen LogP contribution is -2.42. The van der Waals surface area contributed by atoms with Gasteiger partial charge >= 0.3 is 5.97 Å². The first-order valence-corrected chi connectivity index (χ1v) is 15.0. The van der Waals surface area contributed by atoms with Crippen LogP contribution in [0.3, 0.4) is 0 Å². The van der Waals surface area contributed by atoms with Crippen LogP contribution in [0.15, 0.2) is 44.9 Å². The predicted molar refractivity (Wildman–Crippen MR) is 139 cm³/mol. The molecule has 1 atom stereocenters. The highest BCUT2D eigenvalue weighted by molar-refractivity contribution is 7.91. The fourth-order valence-corrected chi connectivity index (χ4v) is 7.87. The summed E-state index contributed by atoms with van der Waals surface area (Å²) in [6.07, 6.45) is 1.17. The molecule has 1 aliphatic rings. The number of ether oxygens (including phenoxy) is 2. The van der Waals surface area contributed by atoms with Crippen LogP contribution in [-0.2, 0) is 30.8 Å². The van der Waals surface area contributed by atoms with Gasteiger partial charge in [0.15, 0.2) is 4.80 Å². The molecule has 1 unspecified atom stereocenters. The minimum absolute atomic E-state index is 0.111. The number of rotatable bonds is 9. The Bertz CT molecular complexity index is 1390. The minimum atomic E-state index is -3.62. The van der Waals surface area contributed by atoms with Crippen LogP contribution in [0.5, 0.6) is 0 Å². The summed E-state index contributed by atoms with van der Waals surface area (Å²) in [7, 11) is -3.62. The molecule has 194 valence electrons. The van der Waals surface area contributed by atoms with E-state index in [1.807, 2.05) is 17.6 Å². The molecule has 0 saturated carbocycles. The number of benzene rings is 1. The molecular formula is C24H29N3O6S3. The molecule has 3 aromatic rings. The van der Waals surface area contributed by atoms with Gasteiger partial charge in [0.2, 0.25) is 0 Å². The first-order chi connectivity index (χ1) is 17.3. The molecule has 0 N–H and O–H groups in total. The molecule has 1 amide bonds. The van der Waals surface area contributed by atoms with Crippen molar-refractivity contribution in [3.05, 3.63) is 46.1 Å². The Labute approximate surface area is 218 Å². The van der Waals surface area contributed by atoms with E-state index in [0.29, 0.717) is 49.5 Å². The van der Waals surface area contributed by atoms with Crippen molar-refractivity contribution in [1.29, 1.82) is 0 Å². The number of sulfonamides is 1. The fourth-order valence-electron chi connectivity index (χ4n) is 4.10. The lowest BCUT2D eigenvalue weighted by molar-refractivity contribution is -0.122. The first kappa shape index (κ1) is 26.7. The van der Waals surface area contributed by atoms with Gasteiger partial charge in [0, 0.05) is 26.2 Å². The average molecular weight is 552 g/mol. The van der Waals surface area contributed by atoms with Crippen LogP contribution in [0.25, 0.3) is 10.2 Å². The molecule has 2 aromatic heterocycles. The first-order valence-electron chi connectivity index (χ1n) is 11.9. The molecule has 12 heteroatoms. The topological polar surface area (TPSA) is 107 Å². The maximum absolute atomic E-state index is 13.2. The molecule has 9 nitrogen and oxygen atoms in total. The second kappa shape index (κ2) is 11.8. The van der Waals surface area contributed by atoms with Crippen molar-refractivity contribution in [2.24, 2.45) is 10.9 Å². The number of hydrogen-bond donors (Lipinski definition) is 0. The molecule has 1 saturated heterocycles. The zero-order chi connectivity index (χ0) is 25.7. The van der Waals surface area contributed by atoms with Crippen LogP contribution >= 0.6 is 22.7 Å². The zero-order valence-electron chi connectivity index (χ0n) is 20.2. The van der Waals surface area contributed by atoms with E-state index < -0.39 is 21.9 Å². The minimum Gasteiger partial charge on any atom is -0.462 e. The number of nitrogens with zero attached hydrogens (tertiary/aromatic N) is 3. The van der Waals surface area contributed by atoms with Gasteiger partial charge in [0.25, 0.3) is 15.9 Å². The standard InChI is InChI=1S/C24H29N3O6S3/c1-3-32-13-12-27-19-10-9-17(23(29)33-4-2)15-20(19)35-24(27)25-22(28)18-7-5-11-26(16-18)36(30,31)21-8-6-14-34-21/h6,8-10,14-15,18H,3-5,7,11-13,16H2,1-2H3. The SMILES string of the molecule is CCOCCn1c(=NC(=O)C2CCCN(S(=O)(=O)c3cccs3)C2)sc2cc(C(=O)OCC)ccc21. The number of carbonyl (C=O) groups excluding carboxylic acids is 2. The Morgan fingerprint density at radius 1 is 1.19 bits per heavy atom. The lowest BCUT2D eigenvalue weighted by atomic mass is 9.99. The van der Waals surface area contributed by atoms with E-state index >= 15 is 0 Å². The Morgan fingerprint density at radius 3 is 2.75 bits per heavy atom. The summed E-state index contributed by atoms with van der Waals surface area (Å²) in [5, 5.41) is 1.73. The number of aromatic nitrogens is 1. The summed E-state index contributed by atoms with van der Waals surface area (Å²) in [6, 6.07) is 8.55. The summed E-state index contributed by atoms with van der Waals surface area (Å²) >= 11 is 2.48. The number of thiophene rings is 1. The summed E-state index contributed by atoms with van der Waals surface area (Å²) in [6.45, 7) is 5.95. The van der Waals surface area contributed by atoms with Crippen molar-refractivity contribution in [3.63, 3.8) is 0 Å². The number of carbonyl (C=O) groups is 2. The normalized spacial score (nSPS) is 17.5. The summed E-state index contributed by atoms with van der Waals surface area (Å²) in [5.41, 5.74) is 1.27. The summed E-state index contributed by atoms with van der Waals surface area (Å²) < 4.78 is 40.9. The van der Waals surface area contributed by atoms with E-state index in [0.717, 1.165) is 10.2 Å². The molecule has 4 rings (SSSR count). The van der Waals surface area contributed by atoms with Gasteiger partial charge in [-0.3, -0.25) is 4.79 Å². The molecule has 0 spiro atoms. The van der Waals surface area contributed by atoms with E-state index in [1.165, 1.54) is 27.0 Å². The van der Waals surface area contributed by atoms with Gasteiger partial charge in [-0.1, -0.05) is 17.4 Å². The fraction of sp³-hybridized carbons (Fsp3) is 0.458. The van der Waals surface area contributed by atoms with Crippen molar-refractivity contribution in [2.75, 3.05) is 32.9 Å². The molecule has 1 aliphatic heterocycles. The predicted octanol–water partition coefficient (Wildman–Crippen LogP) is 3.51. The maximum Gasteiger partial charge on any atom is 0.338 e. The number of piperidine rings is 1. The van der Waals surface area contributed by atoms with Gasteiger partial charge in [0.05, 0.1) is 34.9 Å². The zero-order valence-corrected chi connectivity index (χ0v) is 22.7. The monoisotopic (exact) mass is 551 g/mol. The van der Waals surface area contributed by atoms with Crippen molar-refractivity contribution in [3.8, 4) is 0 Å². The molecule has 0 aliphatic carbocycles. The van der Waals surface area contributed by atoms with Crippen LogP contribution in [0.2, 0.25) is 0 Å². The van der Waals surface area contributed by atoms with Crippen molar-refractivity contribution >= 4 is 54.8 Å². The van der Waals surface area contributed by atoms with Gasteiger partial charge < -0.3 is 14.0 Å². The number of fused-ring (bicyclic) bond motifs is 1. The Kier molecular flexibility index (Phi) is 8.73. The Hall–Kier alpha value is -2.38. The van der Waals surface area contributed by atoms with Gasteiger partial charge in [-0.2, -0.15) is 9.30 Å².